The van der Waals surface area contributed by atoms with Crippen LogP contribution in [0, 0.1) is 58.8 Å². The fourth-order valence-corrected chi connectivity index (χ4v) is 12.8. The molecule has 12 heteroatoms. The summed E-state index contributed by atoms with van der Waals surface area (Å²) in [4.78, 5) is -2.52. The third kappa shape index (κ3) is 4.78. The molecule has 6 aliphatic carbocycles. The number of rotatable bonds is 7. The van der Waals surface area contributed by atoms with Gasteiger partial charge in [-0.15, -0.1) is 0 Å². The van der Waals surface area contributed by atoms with Crippen LogP contribution in [-0.2, 0) is 20.2 Å². The highest BCUT2D eigenvalue weighted by Crippen LogP contribution is 2.60. The molecular formula is C33H35F4O6S2-. The molecule has 0 heterocycles. The number of hydrogen-bond donors (Lipinski definition) is 0. The Kier molecular flexibility index (Phi) is 6.98. The molecule has 0 spiro atoms. The van der Waals surface area contributed by atoms with Gasteiger partial charge in [-0.1, -0.05) is 31.4 Å². The summed E-state index contributed by atoms with van der Waals surface area (Å²) in [5.41, 5.74) is 2.25. The van der Waals surface area contributed by atoms with Gasteiger partial charge < -0.3 is 8.74 Å². The van der Waals surface area contributed by atoms with E-state index in [1.54, 1.807) is 0 Å². The highest BCUT2D eigenvalue weighted by atomic mass is 32.2. The maximum absolute atomic E-state index is 15.1. The zero-order valence-electron chi connectivity index (χ0n) is 24.6. The van der Waals surface area contributed by atoms with E-state index in [1.807, 2.05) is 12.1 Å². The Bertz CT molecular complexity index is 1730. The monoisotopic (exact) mass is 667 g/mol. The second-order valence-corrected chi connectivity index (χ2v) is 17.6. The lowest BCUT2D eigenvalue weighted by Crippen LogP contribution is -2.24. The van der Waals surface area contributed by atoms with Crippen molar-refractivity contribution < 1.29 is 43.1 Å². The molecule has 6 fully saturated rings. The second-order valence-electron chi connectivity index (χ2n) is 14.8. The summed E-state index contributed by atoms with van der Waals surface area (Å²) in [6, 6.07) is 3.95. The summed E-state index contributed by atoms with van der Waals surface area (Å²) >= 11 is 0. The third-order valence-electron chi connectivity index (χ3n) is 12.5. The normalized spacial score (nSPS) is 35.2. The molecule has 2 aromatic rings. The fourth-order valence-electron chi connectivity index (χ4n) is 10.7. The van der Waals surface area contributed by atoms with Crippen LogP contribution >= 0.6 is 0 Å². The molecule has 0 radical (unpaired) electrons. The van der Waals surface area contributed by atoms with E-state index in [9.17, 15) is 30.2 Å². The van der Waals surface area contributed by atoms with Gasteiger partial charge in [0.1, 0.15) is 19.9 Å². The average molecular weight is 668 g/mol. The van der Waals surface area contributed by atoms with Gasteiger partial charge >= 0.3 is 10.1 Å². The van der Waals surface area contributed by atoms with Crippen LogP contribution in [0.25, 0.3) is 0 Å². The van der Waals surface area contributed by atoms with Gasteiger partial charge in [0, 0.05) is 0 Å². The van der Waals surface area contributed by atoms with Gasteiger partial charge in [0.05, 0.1) is 0 Å². The first-order valence-corrected chi connectivity index (χ1v) is 19.1. The van der Waals surface area contributed by atoms with Crippen molar-refractivity contribution in [3.63, 3.8) is 0 Å². The molecule has 9 unspecified atom stereocenters. The summed E-state index contributed by atoms with van der Waals surface area (Å²) in [6.07, 6.45) is 12.1. The standard InChI is InChI=1S/C33H36F4O6S2/c34-27-29(36)33(44(38,39)40)30(37)28(35)31(27)43-45(41,42)32-25(23-11-16-2-5-19(23)8-16)13-21(22-10-15-1-4-18(22)7-15)14-26(32)24-12-17-3-6-20(24)9-17/h13-20,22-24H,1-12H2,(H,38,39,40)/p-1. The summed E-state index contributed by atoms with van der Waals surface area (Å²) in [7, 11) is -11.1. The Morgan fingerprint density at radius 2 is 1.00 bits per heavy atom. The summed E-state index contributed by atoms with van der Waals surface area (Å²) < 4.78 is 127. The SMILES string of the molecule is O=S(=O)([O-])c1c(F)c(F)c(OS(=O)(=O)c2c(C3CC4CCC3C4)cc(C3CC4CCC3C4)cc2C2CC3CCC2C3)c(F)c1F. The smallest absolute Gasteiger partial charge is 0.339 e. The molecule has 2 aromatic carbocycles. The predicted octanol–water partition coefficient (Wildman–Crippen LogP) is 7.63. The molecule has 6 bridgehead atoms. The molecule has 0 N–H and O–H groups in total. The third-order valence-corrected chi connectivity index (χ3v) is 14.7. The lowest BCUT2D eigenvalue weighted by molar-refractivity contribution is 0.360. The number of fused-ring (bicyclic) bond motifs is 6. The van der Waals surface area contributed by atoms with Crippen LogP contribution in [0.4, 0.5) is 17.6 Å². The first-order valence-electron chi connectivity index (χ1n) is 16.2. The van der Waals surface area contributed by atoms with Gasteiger partial charge in [-0.25, -0.2) is 17.2 Å². The van der Waals surface area contributed by atoms with E-state index < -0.39 is 54.2 Å². The molecule has 6 aliphatic rings. The van der Waals surface area contributed by atoms with Gasteiger partial charge in [-0.2, -0.15) is 17.2 Å². The van der Waals surface area contributed by atoms with E-state index in [4.69, 9.17) is 4.18 Å². The van der Waals surface area contributed by atoms with Gasteiger partial charge in [0.15, 0.2) is 11.6 Å². The van der Waals surface area contributed by atoms with Crippen molar-refractivity contribution in [2.24, 2.45) is 35.5 Å². The van der Waals surface area contributed by atoms with Crippen LogP contribution in [-0.4, -0.2) is 21.4 Å². The molecule has 244 valence electrons. The van der Waals surface area contributed by atoms with E-state index in [0.717, 1.165) is 76.2 Å². The number of halogens is 4. The van der Waals surface area contributed by atoms with Gasteiger partial charge in [0.2, 0.25) is 17.4 Å². The quantitative estimate of drug-likeness (QED) is 0.130. The van der Waals surface area contributed by atoms with E-state index >= 15 is 8.78 Å². The van der Waals surface area contributed by atoms with Crippen LogP contribution in [0.2, 0.25) is 0 Å². The van der Waals surface area contributed by atoms with E-state index in [0.29, 0.717) is 40.7 Å². The van der Waals surface area contributed by atoms with Crippen molar-refractivity contribution in [3.8, 4) is 5.75 Å². The molecule has 6 nitrogen and oxygen atoms in total. The lowest BCUT2D eigenvalue weighted by Gasteiger charge is -2.32. The Hall–Kier alpha value is -2.18. The molecule has 45 heavy (non-hydrogen) atoms. The van der Waals surface area contributed by atoms with Crippen molar-refractivity contribution >= 4 is 20.2 Å². The fraction of sp³-hybridized carbons (Fsp3) is 0.636. The predicted molar refractivity (Wildman–Crippen MR) is 153 cm³/mol. The highest BCUT2D eigenvalue weighted by Gasteiger charge is 2.48. The maximum Gasteiger partial charge on any atom is 0.339 e. The minimum atomic E-state index is -5.97. The lowest BCUT2D eigenvalue weighted by atomic mass is 9.75. The van der Waals surface area contributed by atoms with Gasteiger partial charge in [-0.3, -0.25) is 0 Å². The van der Waals surface area contributed by atoms with E-state index in [1.165, 1.54) is 6.42 Å². The average Bonchev–Trinajstić information content (AvgIpc) is 3.85. The molecule has 0 saturated heterocycles. The first kappa shape index (κ1) is 30.2. The van der Waals surface area contributed by atoms with Crippen LogP contribution in [0.1, 0.15) is 111 Å². The van der Waals surface area contributed by atoms with Crippen molar-refractivity contribution in [1.29, 1.82) is 0 Å². The highest BCUT2D eigenvalue weighted by molar-refractivity contribution is 7.87. The largest absolute Gasteiger partial charge is 0.744 e. The van der Waals surface area contributed by atoms with E-state index in [2.05, 4.69) is 0 Å². The van der Waals surface area contributed by atoms with Crippen molar-refractivity contribution in [2.45, 2.75) is 105 Å². The Balaban J connectivity index is 1.31. The molecule has 8 rings (SSSR count). The van der Waals surface area contributed by atoms with Crippen LogP contribution in [0.3, 0.4) is 0 Å². The molecule has 9 atom stereocenters. The topological polar surface area (TPSA) is 101 Å². The van der Waals surface area contributed by atoms with Crippen molar-refractivity contribution in [3.05, 3.63) is 52.1 Å². The minimum Gasteiger partial charge on any atom is -0.744 e. The zero-order valence-corrected chi connectivity index (χ0v) is 26.2. The Labute approximate surface area is 260 Å². The molecule has 0 aliphatic heterocycles. The van der Waals surface area contributed by atoms with Crippen molar-refractivity contribution in [2.75, 3.05) is 0 Å². The Morgan fingerprint density at radius 3 is 1.36 bits per heavy atom. The number of hydrogen-bond acceptors (Lipinski definition) is 6. The van der Waals surface area contributed by atoms with Crippen LogP contribution in [0.15, 0.2) is 21.9 Å². The summed E-state index contributed by atoms with van der Waals surface area (Å²) in [6.45, 7) is 0. The van der Waals surface area contributed by atoms with Crippen molar-refractivity contribution in [1.82, 2.24) is 0 Å². The first-order chi connectivity index (χ1) is 21.3. The minimum absolute atomic E-state index is 0.107. The summed E-state index contributed by atoms with van der Waals surface area (Å²) in [5.74, 6) is -9.10. The molecule has 6 saturated carbocycles. The van der Waals surface area contributed by atoms with Gasteiger partial charge in [-0.05, 0) is 128 Å². The van der Waals surface area contributed by atoms with Crippen LogP contribution < -0.4 is 4.18 Å². The number of benzene rings is 2. The maximum atomic E-state index is 15.1. The van der Waals surface area contributed by atoms with Gasteiger partial charge in [0.25, 0.3) is 0 Å². The summed E-state index contributed by atoms with van der Waals surface area (Å²) in [5, 5.41) is 0. The second kappa shape index (κ2) is 10.4. The Morgan fingerprint density at radius 1 is 0.578 bits per heavy atom. The molecular weight excluding hydrogens is 632 g/mol. The zero-order chi connectivity index (χ0) is 31.6. The molecule has 0 aromatic heterocycles. The van der Waals surface area contributed by atoms with Crippen LogP contribution in [0.5, 0.6) is 5.75 Å². The molecule has 0 amide bonds. The van der Waals surface area contributed by atoms with E-state index in [-0.39, 0.29) is 28.6 Å².